The van der Waals surface area contributed by atoms with E-state index in [4.69, 9.17) is 16.3 Å². The van der Waals surface area contributed by atoms with Crippen molar-refractivity contribution in [2.24, 2.45) is 0 Å². The van der Waals surface area contributed by atoms with Crippen LogP contribution in [0.4, 0.5) is 0 Å². The van der Waals surface area contributed by atoms with Gasteiger partial charge in [0.15, 0.2) is 0 Å². The van der Waals surface area contributed by atoms with Crippen molar-refractivity contribution >= 4 is 28.8 Å². The first kappa shape index (κ1) is 18.2. The van der Waals surface area contributed by atoms with Crippen molar-refractivity contribution in [3.05, 3.63) is 44.9 Å². The molecule has 7 heteroatoms. The fourth-order valence-corrected chi connectivity index (χ4v) is 3.92. The topological polar surface area (TPSA) is 54.5 Å². The fraction of sp³-hybridized carbons (Fsp3) is 0.444. The van der Waals surface area contributed by atoms with Crippen LogP contribution in [0.2, 0.25) is 5.02 Å². The number of benzene rings is 1. The second kappa shape index (κ2) is 7.72. The molecule has 0 saturated carbocycles. The highest BCUT2D eigenvalue weighted by molar-refractivity contribution is 7.13. The van der Waals surface area contributed by atoms with E-state index < -0.39 is 0 Å². The number of nitrogens with zero attached hydrogens (tertiary/aromatic N) is 2. The highest BCUT2D eigenvalue weighted by Gasteiger charge is 2.30. The molecule has 0 spiro atoms. The maximum Gasteiger partial charge on any atom is 0.266 e. The zero-order valence-electron chi connectivity index (χ0n) is 14.6. The van der Waals surface area contributed by atoms with Crippen LogP contribution in [0.5, 0.6) is 5.75 Å². The van der Waals surface area contributed by atoms with Gasteiger partial charge in [0.05, 0.1) is 5.69 Å². The van der Waals surface area contributed by atoms with Crippen molar-refractivity contribution in [2.45, 2.75) is 39.5 Å². The first-order chi connectivity index (χ1) is 12.0. The van der Waals surface area contributed by atoms with Gasteiger partial charge in [-0.1, -0.05) is 11.6 Å². The van der Waals surface area contributed by atoms with Gasteiger partial charge < -0.3 is 15.0 Å². The van der Waals surface area contributed by atoms with Gasteiger partial charge in [-0.15, -0.1) is 11.3 Å². The minimum atomic E-state index is 0.0635. The summed E-state index contributed by atoms with van der Waals surface area (Å²) in [6.07, 6.45) is 0. The van der Waals surface area contributed by atoms with Crippen LogP contribution in [-0.4, -0.2) is 41.0 Å². The number of rotatable bonds is 4. The van der Waals surface area contributed by atoms with E-state index in [0.29, 0.717) is 22.5 Å². The second-order valence-electron chi connectivity index (χ2n) is 6.25. The number of aromatic nitrogens is 1. The monoisotopic (exact) mass is 379 g/mol. The zero-order chi connectivity index (χ0) is 18.0. The maximum atomic E-state index is 12.9. The molecular formula is C18H22ClN3O2S. The highest BCUT2D eigenvalue weighted by atomic mass is 35.5. The first-order valence-electron chi connectivity index (χ1n) is 8.34. The Hall–Kier alpha value is -1.63. The van der Waals surface area contributed by atoms with Crippen LogP contribution in [0.1, 0.15) is 34.2 Å². The number of ether oxygens (including phenoxy) is 1. The third-order valence-electron chi connectivity index (χ3n) is 4.51. The van der Waals surface area contributed by atoms with Crippen LogP contribution in [0.3, 0.4) is 0 Å². The summed E-state index contributed by atoms with van der Waals surface area (Å²) in [6.45, 7) is 7.95. The lowest BCUT2D eigenvalue weighted by Crippen LogP contribution is -2.57. The number of nitrogens with one attached hydrogen (secondary N) is 1. The summed E-state index contributed by atoms with van der Waals surface area (Å²) in [5.41, 5.74) is 0.767. The molecule has 0 aliphatic carbocycles. The Kier molecular flexibility index (Phi) is 5.61. The molecule has 1 aromatic carbocycles. The largest absolute Gasteiger partial charge is 0.486 e. The number of carbonyl (C=O) groups excluding carboxylic acids is 1. The van der Waals surface area contributed by atoms with Crippen LogP contribution in [0, 0.1) is 6.92 Å². The molecule has 1 saturated heterocycles. The number of hydrogen-bond acceptors (Lipinski definition) is 5. The summed E-state index contributed by atoms with van der Waals surface area (Å²) in [5, 5.41) is 4.86. The van der Waals surface area contributed by atoms with Gasteiger partial charge in [-0.25, -0.2) is 4.98 Å². The SMILES string of the molecule is Cc1nc(COc2ccc(Cl)cc2)sc1C(=O)N1CCNC(C)C1C. The lowest BCUT2D eigenvalue weighted by Gasteiger charge is -2.38. The molecule has 2 heterocycles. The van der Waals surface area contributed by atoms with Gasteiger partial charge in [-0.05, 0) is 45.0 Å². The van der Waals surface area contributed by atoms with E-state index in [0.717, 1.165) is 29.5 Å². The van der Waals surface area contributed by atoms with E-state index in [1.807, 2.05) is 24.0 Å². The minimum Gasteiger partial charge on any atom is -0.486 e. The van der Waals surface area contributed by atoms with Crippen LogP contribution in [-0.2, 0) is 6.61 Å². The van der Waals surface area contributed by atoms with Gasteiger partial charge in [0.1, 0.15) is 22.2 Å². The molecule has 2 unspecified atom stereocenters. The summed E-state index contributed by atoms with van der Waals surface area (Å²) < 4.78 is 5.73. The van der Waals surface area contributed by atoms with E-state index in [9.17, 15) is 4.79 Å². The van der Waals surface area contributed by atoms with Crippen LogP contribution in [0.25, 0.3) is 0 Å². The Bertz CT molecular complexity index is 747. The van der Waals surface area contributed by atoms with Crippen molar-refractivity contribution in [1.29, 1.82) is 0 Å². The number of hydrogen-bond donors (Lipinski definition) is 1. The number of thiazole rings is 1. The van der Waals surface area contributed by atoms with Gasteiger partial charge in [-0.2, -0.15) is 0 Å². The quantitative estimate of drug-likeness (QED) is 0.883. The molecule has 0 bridgehead atoms. The number of amides is 1. The van der Waals surface area contributed by atoms with Gasteiger partial charge >= 0.3 is 0 Å². The molecule has 1 N–H and O–H groups in total. The number of carbonyl (C=O) groups is 1. The average molecular weight is 380 g/mol. The Labute approximate surface area is 157 Å². The summed E-state index contributed by atoms with van der Waals surface area (Å²) >= 11 is 7.28. The van der Waals surface area contributed by atoms with E-state index in [1.54, 1.807) is 12.1 Å². The molecule has 2 atom stereocenters. The Balaban J connectivity index is 1.69. The van der Waals surface area contributed by atoms with Crippen molar-refractivity contribution < 1.29 is 9.53 Å². The third kappa shape index (κ3) is 4.14. The molecule has 1 fully saturated rings. The van der Waals surface area contributed by atoms with Crippen molar-refractivity contribution in [1.82, 2.24) is 15.2 Å². The van der Waals surface area contributed by atoms with Crippen molar-refractivity contribution in [2.75, 3.05) is 13.1 Å². The van der Waals surface area contributed by atoms with Gasteiger partial charge in [0, 0.05) is 30.2 Å². The maximum absolute atomic E-state index is 12.9. The fourth-order valence-electron chi connectivity index (χ4n) is 2.86. The molecule has 1 aliphatic heterocycles. The lowest BCUT2D eigenvalue weighted by atomic mass is 10.1. The van der Waals surface area contributed by atoms with Gasteiger partial charge in [0.25, 0.3) is 5.91 Å². The lowest BCUT2D eigenvalue weighted by molar-refractivity contribution is 0.0607. The van der Waals surface area contributed by atoms with Crippen molar-refractivity contribution in [3.63, 3.8) is 0 Å². The third-order valence-corrected chi connectivity index (χ3v) is 5.88. The number of halogens is 1. The normalized spacial score (nSPS) is 20.6. The minimum absolute atomic E-state index is 0.0635. The predicted octanol–water partition coefficient (Wildman–Crippen LogP) is 3.51. The first-order valence-corrected chi connectivity index (χ1v) is 9.54. The Morgan fingerprint density at radius 1 is 1.40 bits per heavy atom. The van der Waals surface area contributed by atoms with E-state index in [1.165, 1.54) is 11.3 Å². The smallest absolute Gasteiger partial charge is 0.266 e. The van der Waals surface area contributed by atoms with Crippen LogP contribution < -0.4 is 10.1 Å². The Morgan fingerprint density at radius 2 is 2.12 bits per heavy atom. The molecule has 5 nitrogen and oxygen atoms in total. The summed E-state index contributed by atoms with van der Waals surface area (Å²) in [5.74, 6) is 0.795. The van der Waals surface area contributed by atoms with Crippen molar-refractivity contribution in [3.8, 4) is 5.75 Å². The molecule has 0 radical (unpaired) electrons. The molecule has 1 aliphatic rings. The number of aryl methyl sites for hydroxylation is 1. The number of piperazine rings is 1. The molecular weight excluding hydrogens is 358 g/mol. The van der Waals surface area contributed by atoms with E-state index in [2.05, 4.69) is 24.1 Å². The highest BCUT2D eigenvalue weighted by Crippen LogP contribution is 2.24. The van der Waals surface area contributed by atoms with Gasteiger partial charge in [-0.3, -0.25) is 4.79 Å². The van der Waals surface area contributed by atoms with Crippen LogP contribution in [0.15, 0.2) is 24.3 Å². The van der Waals surface area contributed by atoms with E-state index in [-0.39, 0.29) is 11.9 Å². The zero-order valence-corrected chi connectivity index (χ0v) is 16.2. The molecule has 2 aromatic rings. The molecule has 1 aromatic heterocycles. The Morgan fingerprint density at radius 3 is 2.84 bits per heavy atom. The molecule has 25 heavy (non-hydrogen) atoms. The summed E-state index contributed by atoms with van der Waals surface area (Å²) in [6, 6.07) is 7.66. The second-order valence-corrected chi connectivity index (χ2v) is 7.77. The van der Waals surface area contributed by atoms with Gasteiger partial charge in [0.2, 0.25) is 0 Å². The molecule has 134 valence electrons. The predicted molar refractivity (Wildman–Crippen MR) is 101 cm³/mol. The summed E-state index contributed by atoms with van der Waals surface area (Å²) in [4.78, 5) is 20.1. The average Bonchev–Trinajstić information content (AvgIpc) is 2.97. The van der Waals surface area contributed by atoms with Crippen LogP contribution >= 0.6 is 22.9 Å². The molecule has 3 rings (SSSR count). The molecule has 1 amide bonds. The van der Waals surface area contributed by atoms with E-state index >= 15 is 0 Å². The summed E-state index contributed by atoms with van der Waals surface area (Å²) in [7, 11) is 0. The standard InChI is InChI=1S/C18H22ClN3O2S/c1-11-13(3)22(9-8-20-11)18(23)17-12(2)21-16(25-17)10-24-15-6-4-14(19)5-7-15/h4-7,11,13,20H,8-10H2,1-3H3.